The Labute approximate surface area is 150 Å². The van der Waals surface area contributed by atoms with E-state index in [2.05, 4.69) is 6.58 Å². The van der Waals surface area contributed by atoms with Crippen LogP contribution in [0.2, 0.25) is 15.1 Å². The molecular formula is C15H18Cl3N3O2. The van der Waals surface area contributed by atoms with E-state index in [-0.39, 0.29) is 12.6 Å². The van der Waals surface area contributed by atoms with Crippen LogP contribution in [-0.4, -0.2) is 41.9 Å². The summed E-state index contributed by atoms with van der Waals surface area (Å²) in [6.07, 6.45) is 2.97. The highest BCUT2D eigenvalue weighted by molar-refractivity contribution is 6.40. The smallest absolute Gasteiger partial charge is 0.329 e. The van der Waals surface area contributed by atoms with Crippen LogP contribution in [0.4, 0.5) is 4.79 Å². The Morgan fingerprint density at radius 3 is 2.39 bits per heavy atom. The van der Waals surface area contributed by atoms with Gasteiger partial charge >= 0.3 is 6.03 Å². The highest BCUT2D eigenvalue weighted by atomic mass is 35.5. The molecule has 2 amide bonds. The van der Waals surface area contributed by atoms with Gasteiger partial charge in [0.25, 0.3) is 0 Å². The lowest BCUT2D eigenvalue weighted by atomic mass is 10.3. The maximum absolute atomic E-state index is 12.2. The molecule has 1 rings (SSSR count). The van der Waals surface area contributed by atoms with E-state index >= 15 is 0 Å². The number of hydrogen-bond acceptors (Lipinski definition) is 3. The average molecular weight is 379 g/mol. The number of amides is 2. The van der Waals surface area contributed by atoms with Crippen molar-refractivity contribution in [3.05, 3.63) is 40.0 Å². The molecule has 0 bridgehead atoms. The topological polar surface area (TPSA) is 56.6 Å². The van der Waals surface area contributed by atoms with Gasteiger partial charge in [0.15, 0.2) is 5.75 Å². The molecule has 1 aromatic carbocycles. The van der Waals surface area contributed by atoms with E-state index in [1.165, 1.54) is 18.3 Å². The van der Waals surface area contributed by atoms with Gasteiger partial charge in [0, 0.05) is 17.8 Å². The zero-order valence-electron chi connectivity index (χ0n) is 12.7. The lowest BCUT2D eigenvalue weighted by molar-refractivity contribution is 0.171. The molecular weight excluding hydrogens is 361 g/mol. The van der Waals surface area contributed by atoms with E-state index in [1.807, 2.05) is 6.92 Å². The van der Waals surface area contributed by atoms with E-state index in [1.54, 1.807) is 4.90 Å². The Kier molecular flexibility index (Phi) is 8.23. The first-order valence-electron chi connectivity index (χ1n) is 6.92. The Balaban J connectivity index is 2.71. The van der Waals surface area contributed by atoms with E-state index < -0.39 is 0 Å². The fourth-order valence-corrected chi connectivity index (χ4v) is 2.77. The van der Waals surface area contributed by atoms with Gasteiger partial charge in [0.2, 0.25) is 0 Å². The van der Waals surface area contributed by atoms with Gasteiger partial charge in [0.1, 0.15) is 6.61 Å². The number of nitrogens with one attached hydrogen (secondary N) is 1. The number of nitrogens with zero attached hydrogens (tertiary/aromatic N) is 2. The van der Waals surface area contributed by atoms with Crippen LogP contribution in [0.15, 0.2) is 24.9 Å². The van der Waals surface area contributed by atoms with E-state index in [0.29, 0.717) is 33.9 Å². The minimum Gasteiger partial charge on any atom is -0.489 e. The van der Waals surface area contributed by atoms with Crippen LogP contribution in [0.25, 0.3) is 0 Å². The summed E-state index contributed by atoms with van der Waals surface area (Å²) >= 11 is 17.9. The fraction of sp³-hybridized carbons (Fsp3) is 0.333. The molecule has 5 nitrogen and oxygen atoms in total. The largest absolute Gasteiger partial charge is 0.489 e. The molecule has 0 unspecified atom stereocenters. The minimum absolute atomic E-state index is 0.204. The SMILES string of the molecule is C=CN(C=N)C(=O)N(CCC)CCOc1c(Cl)cc(Cl)cc1Cl. The van der Waals surface area contributed by atoms with Gasteiger partial charge in [-0.05, 0) is 18.6 Å². The number of carbonyl (C=O) groups is 1. The molecule has 0 aliphatic rings. The fourth-order valence-electron chi connectivity index (χ4n) is 1.85. The van der Waals surface area contributed by atoms with Crippen molar-refractivity contribution in [1.82, 2.24) is 9.80 Å². The number of rotatable bonds is 8. The molecule has 0 radical (unpaired) electrons. The molecule has 0 aromatic heterocycles. The predicted molar refractivity (Wildman–Crippen MR) is 95.0 cm³/mol. The Hall–Kier alpha value is -1.43. The third-order valence-corrected chi connectivity index (χ3v) is 3.67. The van der Waals surface area contributed by atoms with Gasteiger partial charge < -0.3 is 9.64 Å². The second-order valence-electron chi connectivity index (χ2n) is 4.54. The Morgan fingerprint density at radius 1 is 1.30 bits per heavy atom. The molecule has 8 heteroatoms. The summed E-state index contributed by atoms with van der Waals surface area (Å²) in [5, 5.41) is 8.24. The van der Waals surface area contributed by atoms with E-state index in [0.717, 1.165) is 17.7 Å². The van der Waals surface area contributed by atoms with Gasteiger partial charge in [-0.3, -0.25) is 10.3 Å². The molecule has 0 atom stereocenters. The van der Waals surface area contributed by atoms with E-state index in [4.69, 9.17) is 44.9 Å². The summed E-state index contributed by atoms with van der Waals surface area (Å²) in [5.41, 5.74) is 0. The Bertz CT molecular complexity index is 550. The van der Waals surface area contributed by atoms with Crippen molar-refractivity contribution in [2.45, 2.75) is 13.3 Å². The molecule has 0 spiro atoms. The second-order valence-corrected chi connectivity index (χ2v) is 5.79. The molecule has 0 heterocycles. The number of halogens is 3. The lowest BCUT2D eigenvalue weighted by Crippen LogP contribution is -2.42. The molecule has 0 saturated heterocycles. The summed E-state index contributed by atoms with van der Waals surface area (Å²) in [5.74, 6) is 0.328. The number of carbonyl (C=O) groups excluding carboxylic acids is 1. The number of urea groups is 1. The molecule has 1 aromatic rings. The maximum atomic E-state index is 12.2. The van der Waals surface area contributed by atoms with Crippen LogP contribution < -0.4 is 4.74 Å². The average Bonchev–Trinajstić information content (AvgIpc) is 2.49. The third-order valence-electron chi connectivity index (χ3n) is 2.89. The van der Waals surface area contributed by atoms with Crippen molar-refractivity contribution in [3.8, 4) is 5.75 Å². The van der Waals surface area contributed by atoms with E-state index in [9.17, 15) is 4.79 Å². The molecule has 126 valence electrons. The highest BCUT2D eigenvalue weighted by Crippen LogP contribution is 2.35. The summed E-state index contributed by atoms with van der Waals surface area (Å²) in [4.78, 5) is 14.9. The number of ether oxygens (including phenoxy) is 1. The second kappa shape index (κ2) is 9.65. The van der Waals surface area contributed by atoms with Gasteiger partial charge in [-0.25, -0.2) is 4.79 Å². The zero-order valence-corrected chi connectivity index (χ0v) is 15.0. The predicted octanol–water partition coefficient (Wildman–Crippen LogP) is 4.91. The molecule has 1 N–H and O–H groups in total. The quantitative estimate of drug-likeness (QED) is 0.516. The van der Waals surface area contributed by atoms with Crippen LogP contribution in [0.1, 0.15) is 13.3 Å². The van der Waals surface area contributed by atoms with Gasteiger partial charge in [-0.2, -0.15) is 0 Å². The Morgan fingerprint density at radius 2 is 1.91 bits per heavy atom. The lowest BCUT2D eigenvalue weighted by Gasteiger charge is -2.25. The molecule has 0 aliphatic heterocycles. The first-order valence-corrected chi connectivity index (χ1v) is 8.05. The normalized spacial score (nSPS) is 10.1. The summed E-state index contributed by atoms with van der Waals surface area (Å²) < 4.78 is 5.58. The van der Waals surface area contributed by atoms with Crippen molar-refractivity contribution in [2.24, 2.45) is 0 Å². The van der Waals surface area contributed by atoms with Crippen molar-refractivity contribution < 1.29 is 9.53 Å². The molecule has 0 fully saturated rings. The van der Waals surface area contributed by atoms with Crippen molar-refractivity contribution >= 4 is 47.2 Å². The monoisotopic (exact) mass is 377 g/mol. The highest BCUT2D eigenvalue weighted by Gasteiger charge is 2.17. The van der Waals surface area contributed by atoms with Crippen molar-refractivity contribution in [3.63, 3.8) is 0 Å². The number of benzene rings is 1. The van der Waals surface area contributed by atoms with Crippen LogP contribution in [0.5, 0.6) is 5.75 Å². The van der Waals surface area contributed by atoms with Crippen LogP contribution >= 0.6 is 34.8 Å². The minimum atomic E-state index is -0.339. The third kappa shape index (κ3) is 5.61. The van der Waals surface area contributed by atoms with Gasteiger partial charge in [-0.15, -0.1) is 0 Å². The van der Waals surface area contributed by atoms with Gasteiger partial charge in [0.05, 0.1) is 22.9 Å². The van der Waals surface area contributed by atoms with Crippen molar-refractivity contribution in [2.75, 3.05) is 19.7 Å². The summed E-state index contributed by atoms with van der Waals surface area (Å²) in [7, 11) is 0. The molecule has 0 aliphatic carbocycles. The van der Waals surface area contributed by atoms with Gasteiger partial charge in [-0.1, -0.05) is 48.3 Å². The first-order chi connectivity index (χ1) is 10.9. The number of hydrogen-bond donors (Lipinski definition) is 1. The molecule has 0 saturated carbocycles. The van der Waals surface area contributed by atoms with Crippen LogP contribution in [-0.2, 0) is 0 Å². The zero-order chi connectivity index (χ0) is 17.4. The summed E-state index contributed by atoms with van der Waals surface area (Å²) in [6.45, 7) is 6.51. The maximum Gasteiger partial charge on any atom is 0.329 e. The van der Waals surface area contributed by atoms with Crippen molar-refractivity contribution in [1.29, 1.82) is 5.41 Å². The first kappa shape index (κ1) is 19.6. The molecule has 23 heavy (non-hydrogen) atoms. The van der Waals surface area contributed by atoms with Crippen LogP contribution in [0.3, 0.4) is 0 Å². The standard InChI is InChI=1S/C15H18Cl3N3O2/c1-3-5-21(15(22)20(4-2)10-19)6-7-23-14-12(17)8-11(16)9-13(14)18/h4,8-10,19H,2-3,5-7H2,1H3. The van der Waals surface area contributed by atoms with Crippen LogP contribution in [0, 0.1) is 5.41 Å². The summed E-state index contributed by atoms with van der Waals surface area (Å²) in [6, 6.07) is 2.73.